The van der Waals surface area contributed by atoms with Gasteiger partial charge in [-0.25, -0.2) is 4.98 Å². The van der Waals surface area contributed by atoms with Crippen LogP contribution >= 0.6 is 0 Å². The van der Waals surface area contributed by atoms with Gasteiger partial charge in [0.15, 0.2) is 11.6 Å². The van der Waals surface area contributed by atoms with E-state index >= 15 is 0 Å². The summed E-state index contributed by atoms with van der Waals surface area (Å²) >= 11 is 0. The van der Waals surface area contributed by atoms with Crippen LogP contribution in [0.1, 0.15) is 0 Å². The molecule has 0 saturated carbocycles. The van der Waals surface area contributed by atoms with Crippen LogP contribution in [0, 0.1) is 0 Å². The maximum atomic E-state index is 5.08. The van der Waals surface area contributed by atoms with Crippen molar-refractivity contribution in [3.05, 3.63) is 152 Å². The van der Waals surface area contributed by atoms with Crippen LogP contribution in [0.3, 0.4) is 0 Å². The zero-order valence-corrected chi connectivity index (χ0v) is 23.7. The third-order valence-electron chi connectivity index (χ3n) is 8.40. The van der Waals surface area contributed by atoms with Gasteiger partial charge in [0.2, 0.25) is 5.95 Å². The molecule has 6 aromatic carbocycles. The number of benzene rings is 6. The minimum Gasteiger partial charge on any atom is -0.317 e. The van der Waals surface area contributed by atoms with E-state index in [1.807, 2.05) is 60.7 Å². The van der Waals surface area contributed by atoms with Gasteiger partial charge >= 0.3 is 0 Å². The highest BCUT2D eigenvalue weighted by Crippen LogP contribution is 2.37. The van der Waals surface area contributed by atoms with Crippen molar-refractivity contribution in [1.29, 1.82) is 0 Å². The Hall–Kier alpha value is -6.07. The second kappa shape index (κ2) is 9.75. The van der Waals surface area contributed by atoms with Gasteiger partial charge in [0, 0.05) is 39.2 Å². The lowest BCUT2D eigenvalue weighted by Gasteiger charge is -2.11. The summed E-state index contributed by atoms with van der Waals surface area (Å²) in [5.41, 5.74) is 6.35. The summed E-state index contributed by atoms with van der Waals surface area (Å²) in [6.45, 7) is 0. The van der Waals surface area contributed by atoms with Crippen molar-refractivity contribution in [2.45, 2.75) is 0 Å². The van der Waals surface area contributed by atoms with Crippen LogP contribution in [-0.4, -0.2) is 24.1 Å². The topological polar surface area (TPSA) is 48.5 Å². The Morgan fingerprint density at radius 2 is 1.02 bits per heavy atom. The van der Waals surface area contributed by atoms with Crippen LogP contribution in [-0.2, 0) is 0 Å². The minimum atomic E-state index is 0.597. The predicted molar refractivity (Wildman–Crippen MR) is 179 cm³/mol. The molecule has 0 saturated heterocycles. The molecule has 0 amide bonds. The Labute approximate surface area is 253 Å². The molecule has 0 N–H and O–H groups in total. The standard InChI is InChI=1S/C39H25N5/c1-4-12-26(13-5-1)37-40-38(27-14-6-2-7-15-27)42-39(41-37)44-35-19-11-10-18-30(35)33-25-32-28(24-36(33)44)20-21-34-31(32)22-23-43(34)29-16-8-3-9-17-29/h1-25H. The normalized spacial score (nSPS) is 11.6. The molecule has 0 atom stereocenters. The molecule has 9 rings (SSSR count). The third-order valence-corrected chi connectivity index (χ3v) is 8.40. The van der Waals surface area contributed by atoms with E-state index in [9.17, 15) is 0 Å². The zero-order chi connectivity index (χ0) is 29.0. The van der Waals surface area contributed by atoms with E-state index in [0.717, 1.165) is 38.6 Å². The lowest BCUT2D eigenvalue weighted by molar-refractivity contribution is 0.954. The maximum Gasteiger partial charge on any atom is 0.238 e. The molecule has 0 radical (unpaired) electrons. The number of rotatable bonds is 4. The van der Waals surface area contributed by atoms with Gasteiger partial charge in [-0.15, -0.1) is 0 Å². The second-order valence-electron chi connectivity index (χ2n) is 11.0. The molecule has 0 bridgehead atoms. The quantitative estimate of drug-likeness (QED) is 0.214. The van der Waals surface area contributed by atoms with Crippen LogP contribution in [0.15, 0.2) is 152 Å². The summed E-state index contributed by atoms with van der Waals surface area (Å²) in [5, 5.41) is 5.93. The number of para-hydroxylation sites is 2. The molecular weight excluding hydrogens is 538 g/mol. The van der Waals surface area contributed by atoms with Crippen molar-refractivity contribution in [2.75, 3.05) is 0 Å². The Balaban J connectivity index is 1.33. The van der Waals surface area contributed by atoms with Gasteiger partial charge < -0.3 is 4.57 Å². The highest BCUT2D eigenvalue weighted by Gasteiger charge is 2.19. The first-order chi connectivity index (χ1) is 21.8. The average Bonchev–Trinajstić information content (AvgIpc) is 3.68. The van der Waals surface area contributed by atoms with E-state index in [4.69, 9.17) is 15.0 Å². The molecule has 0 aliphatic heterocycles. The molecule has 9 aromatic rings. The lowest BCUT2D eigenvalue weighted by atomic mass is 10.0. The van der Waals surface area contributed by atoms with Gasteiger partial charge in [-0.1, -0.05) is 103 Å². The fourth-order valence-electron chi connectivity index (χ4n) is 6.34. The first kappa shape index (κ1) is 24.5. The number of fused-ring (bicyclic) bond motifs is 6. The van der Waals surface area contributed by atoms with E-state index < -0.39 is 0 Å². The number of nitrogens with zero attached hydrogens (tertiary/aromatic N) is 5. The largest absolute Gasteiger partial charge is 0.317 e. The number of hydrogen-bond acceptors (Lipinski definition) is 3. The van der Waals surface area contributed by atoms with E-state index in [0.29, 0.717) is 17.6 Å². The van der Waals surface area contributed by atoms with Crippen molar-refractivity contribution in [1.82, 2.24) is 24.1 Å². The highest BCUT2D eigenvalue weighted by atomic mass is 15.2. The molecule has 5 nitrogen and oxygen atoms in total. The smallest absolute Gasteiger partial charge is 0.238 e. The minimum absolute atomic E-state index is 0.597. The summed E-state index contributed by atoms with van der Waals surface area (Å²) < 4.78 is 4.44. The van der Waals surface area contributed by atoms with Crippen molar-refractivity contribution >= 4 is 43.5 Å². The molecule has 44 heavy (non-hydrogen) atoms. The number of aromatic nitrogens is 5. The Bertz CT molecular complexity index is 2420. The monoisotopic (exact) mass is 563 g/mol. The molecule has 0 aliphatic carbocycles. The first-order valence-corrected chi connectivity index (χ1v) is 14.7. The SMILES string of the molecule is c1ccc(-c2nc(-c3ccccc3)nc(-n3c4ccccc4c4cc5c(ccc6c5ccn6-c5ccccc5)cc43)n2)cc1. The maximum absolute atomic E-state index is 5.08. The predicted octanol–water partition coefficient (Wildman–Crippen LogP) is 9.40. The van der Waals surface area contributed by atoms with Crippen LogP contribution < -0.4 is 0 Å². The third kappa shape index (κ3) is 3.83. The van der Waals surface area contributed by atoms with Crippen LogP contribution in [0.4, 0.5) is 0 Å². The van der Waals surface area contributed by atoms with Gasteiger partial charge in [0.25, 0.3) is 0 Å². The zero-order valence-electron chi connectivity index (χ0n) is 23.7. The van der Waals surface area contributed by atoms with Crippen molar-refractivity contribution in [3.8, 4) is 34.4 Å². The average molecular weight is 564 g/mol. The highest BCUT2D eigenvalue weighted by molar-refractivity contribution is 6.18. The van der Waals surface area contributed by atoms with Crippen molar-refractivity contribution in [2.24, 2.45) is 0 Å². The van der Waals surface area contributed by atoms with Crippen LogP contribution in [0.25, 0.3) is 77.9 Å². The van der Waals surface area contributed by atoms with Crippen molar-refractivity contribution < 1.29 is 0 Å². The molecule has 0 aliphatic rings. The molecular formula is C39H25N5. The summed E-state index contributed by atoms with van der Waals surface area (Å²) in [7, 11) is 0. The van der Waals surface area contributed by atoms with Crippen LogP contribution in [0.2, 0.25) is 0 Å². The van der Waals surface area contributed by atoms with Crippen molar-refractivity contribution in [3.63, 3.8) is 0 Å². The molecule has 0 spiro atoms. The van der Waals surface area contributed by atoms with Gasteiger partial charge in [-0.3, -0.25) is 4.57 Å². The van der Waals surface area contributed by atoms with Gasteiger partial charge in [-0.2, -0.15) is 9.97 Å². The molecule has 206 valence electrons. The van der Waals surface area contributed by atoms with Gasteiger partial charge in [-0.05, 0) is 53.2 Å². The molecule has 3 aromatic heterocycles. The van der Waals surface area contributed by atoms with E-state index in [-0.39, 0.29) is 0 Å². The Morgan fingerprint density at radius 1 is 0.409 bits per heavy atom. The molecule has 3 heterocycles. The summed E-state index contributed by atoms with van der Waals surface area (Å²) in [5.74, 6) is 1.88. The van der Waals surface area contributed by atoms with Gasteiger partial charge in [0.1, 0.15) is 0 Å². The fraction of sp³-hybridized carbons (Fsp3) is 0. The second-order valence-corrected chi connectivity index (χ2v) is 11.0. The van der Waals surface area contributed by atoms with Crippen LogP contribution in [0.5, 0.6) is 0 Å². The molecule has 0 fully saturated rings. The molecule has 0 unspecified atom stereocenters. The summed E-state index contributed by atoms with van der Waals surface area (Å²) in [6, 6.07) is 50.5. The fourth-order valence-corrected chi connectivity index (χ4v) is 6.34. The summed E-state index contributed by atoms with van der Waals surface area (Å²) in [4.78, 5) is 15.1. The number of hydrogen-bond donors (Lipinski definition) is 0. The Morgan fingerprint density at radius 3 is 1.73 bits per heavy atom. The molecule has 5 heteroatoms. The van der Waals surface area contributed by atoms with E-state index in [2.05, 4.69) is 100 Å². The van der Waals surface area contributed by atoms with E-state index in [1.165, 1.54) is 21.7 Å². The Kier molecular flexibility index (Phi) is 5.43. The first-order valence-electron chi connectivity index (χ1n) is 14.7. The van der Waals surface area contributed by atoms with E-state index in [1.54, 1.807) is 0 Å². The summed E-state index contributed by atoms with van der Waals surface area (Å²) in [6.07, 6.45) is 2.16. The lowest BCUT2D eigenvalue weighted by Crippen LogP contribution is -2.06. The van der Waals surface area contributed by atoms with Gasteiger partial charge in [0.05, 0.1) is 16.6 Å².